The van der Waals surface area contributed by atoms with E-state index in [-0.39, 0.29) is 16.4 Å². The lowest BCUT2D eigenvalue weighted by atomic mass is 10.3. The number of nitrogens with zero attached hydrogens (tertiary/aromatic N) is 2. The van der Waals surface area contributed by atoms with E-state index in [2.05, 4.69) is 4.98 Å². The third-order valence-electron chi connectivity index (χ3n) is 2.05. The Morgan fingerprint density at radius 3 is 2.75 bits per heavy atom. The van der Waals surface area contributed by atoms with E-state index in [0.717, 1.165) is 0 Å². The fourth-order valence-electron chi connectivity index (χ4n) is 1.31. The van der Waals surface area contributed by atoms with Gasteiger partial charge in [-0.25, -0.2) is 4.79 Å². The SMILES string of the molecule is O=c1[nH]ccn1-c1cc([N+](=O)[O-])ccc1Cl. The van der Waals surface area contributed by atoms with Crippen LogP contribution < -0.4 is 5.69 Å². The molecule has 6 nitrogen and oxygen atoms in total. The van der Waals surface area contributed by atoms with Crippen LogP contribution in [0.3, 0.4) is 0 Å². The highest BCUT2D eigenvalue weighted by atomic mass is 35.5. The minimum absolute atomic E-state index is 0.118. The summed E-state index contributed by atoms with van der Waals surface area (Å²) >= 11 is 5.87. The number of aromatic nitrogens is 2. The summed E-state index contributed by atoms with van der Waals surface area (Å²) < 4.78 is 1.20. The van der Waals surface area contributed by atoms with Crippen LogP contribution in [0.5, 0.6) is 0 Å². The molecule has 0 aliphatic heterocycles. The molecule has 2 rings (SSSR count). The zero-order valence-electron chi connectivity index (χ0n) is 7.88. The van der Waals surface area contributed by atoms with Crippen LogP contribution in [0, 0.1) is 10.1 Å². The van der Waals surface area contributed by atoms with E-state index in [1.807, 2.05) is 0 Å². The van der Waals surface area contributed by atoms with Crippen molar-refractivity contribution < 1.29 is 4.92 Å². The number of halogens is 1. The standard InChI is InChI=1S/C9H6ClN3O3/c10-7-2-1-6(13(15)16)5-8(7)12-4-3-11-9(12)14/h1-5H,(H,11,14). The Bertz CT molecular complexity index is 602. The third kappa shape index (κ3) is 1.70. The number of nitro groups is 1. The lowest BCUT2D eigenvalue weighted by Gasteiger charge is -2.03. The first-order valence-corrected chi connectivity index (χ1v) is 4.68. The molecule has 1 aromatic heterocycles. The van der Waals surface area contributed by atoms with Gasteiger partial charge in [-0.1, -0.05) is 11.6 Å². The maximum absolute atomic E-state index is 11.3. The van der Waals surface area contributed by atoms with Crippen LogP contribution in [0.2, 0.25) is 5.02 Å². The number of rotatable bonds is 2. The molecule has 7 heteroatoms. The molecule has 82 valence electrons. The van der Waals surface area contributed by atoms with Crippen molar-refractivity contribution in [3.05, 3.63) is 56.2 Å². The maximum Gasteiger partial charge on any atom is 0.330 e. The second kappa shape index (κ2) is 3.82. The summed E-state index contributed by atoms with van der Waals surface area (Å²) in [5, 5.41) is 10.9. The van der Waals surface area contributed by atoms with Gasteiger partial charge in [0, 0.05) is 24.5 Å². The molecule has 0 atom stereocenters. The zero-order chi connectivity index (χ0) is 11.7. The van der Waals surface area contributed by atoms with Gasteiger partial charge in [0.25, 0.3) is 5.69 Å². The molecule has 1 N–H and O–H groups in total. The summed E-state index contributed by atoms with van der Waals surface area (Å²) in [5.41, 5.74) is -0.239. The molecule has 1 aromatic carbocycles. The van der Waals surface area contributed by atoms with Crippen LogP contribution in [-0.2, 0) is 0 Å². The second-order valence-corrected chi connectivity index (χ2v) is 3.44. The quantitative estimate of drug-likeness (QED) is 0.640. The van der Waals surface area contributed by atoms with E-state index < -0.39 is 10.6 Å². The number of benzene rings is 1. The molecule has 0 radical (unpaired) electrons. The van der Waals surface area contributed by atoms with E-state index in [1.165, 1.54) is 35.2 Å². The van der Waals surface area contributed by atoms with Gasteiger partial charge in [-0.2, -0.15) is 0 Å². The van der Waals surface area contributed by atoms with Gasteiger partial charge in [-0.3, -0.25) is 14.7 Å². The van der Waals surface area contributed by atoms with Crippen LogP contribution in [0.15, 0.2) is 35.4 Å². The summed E-state index contributed by atoms with van der Waals surface area (Å²) in [4.78, 5) is 23.8. The summed E-state index contributed by atoms with van der Waals surface area (Å²) in [6.07, 6.45) is 2.88. The number of hydrogen-bond donors (Lipinski definition) is 1. The molecular formula is C9H6ClN3O3. The number of H-pyrrole nitrogens is 1. The fourth-order valence-corrected chi connectivity index (χ4v) is 1.52. The molecule has 2 aromatic rings. The van der Waals surface area contributed by atoms with Crippen molar-refractivity contribution in [1.29, 1.82) is 0 Å². The van der Waals surface area contributed by atoms with Crippen LogP contribution in [0.1, 0.15) is 0 Å². The number of nitro benzene ring substituents is 1. The molecule has 0 spiro atoms. The minimum atomic E-state index is -0.544. The zero-order valence-corrected chi connectivity index (χ0v) is 8.64. The molecule has 0 aliphatic carbocycles. The Balaban J connectivity index is 2.65. The fraction of sp³-hybridized carbons (Fsp3) is 0. The Labute approximate surface area is 94.2 Å². The van der Waals surface area contributed by atoms with Crippen LogP contribution in [0.25, 0.3) is 5.69 Å². The average molecular weight is 240 g/mol. The van der Waals surface area contributed by atoms with Crippen LogP contribution in [0.4, 0.5) is 5.69 Å². The molecule has 0 saturated heterocycles. The van der Waals surface area contributed by atoms with Gasteiger partial charge in [0.1, 0.15) is 0 Å². The Hall–Kier alpha value is -2.08. The van der Waals surface area contributed by atoms with E-state index in [0.29, 0.717) is 0 Å². The Morgan fingerprint density at radius 2 is 2.19 bits per heavy atom. The molecule has 0 saturated carbocycles. The molecule has 1 heterocycles. The molecule has 0 fully saturated rings. The van der Waals surface area contributed by atoms with Crippen LogP contribution in [-0.4, -0.2) is 14.5 Å². The number of imidazole rings is 1. The molecular weight excluding hydrogens is 234 g/mol. The predicted octanol–water partition coefficient (Wildman–Crippen LogP) is 1.73. The highest BCUT2D eigenvalue weighted by Crippen LogP contribution is 2.24. The van der Waals surface area contributed by atoms with Gasteiger partial charge in [-0.05, 0) is 6.07 Å². The lowest BCUT2D eigenvalue weighted by molar-refractivity contribution is -0.384. The second-order valence-electron chi connectivity index (χ2n) is 3.03. The van der Waals surface area contributed by atoms with Crippen molar-refractivity contribution in [2.75, 3.05) is 0 Å². The van der Waals surface area contributed by atoms with Gasteiger partial charge in [0.15, 0.2) is 0 Å². The Morgan fingerprint density at radius 1 is 1.44 bits per heavy atom. The van der Waals surface area contributed by atoms with Gasteiger partial charge >= 0.3 is 5.69 Å². The van der Waals surface area contributed by atoms with Crippen molar-refractivity contribution >= 4 is 17.3 Å². The van der Waals surface area contributed by atoms with Gasteiger partial charge in [0.2, 0.25) is 0 Å². The summed E-state index contributed by atoms with van der Waals surface area (Å²) in [6.45, 7) is 0. The summed E-state index contributed by atoms with van der Waals surface area (Å²) in [5.74, 6) is 0. The molecule has 16 heavy (non-hydrogen) atoms. The first kappa shape index (κ1) is 10.4. The maximum atomic E-state index is 11.3. The minimum Gasteiger partial charge on any atom is -0.312 e. The van der Waals surface area contributed by atoms with E-state index in [1.54, 1.807) is 0 Å². The molecule has 0 amide bonds. The number of hydrogen-bond acceptors (Lipinski definition) is 3. The van der Waals surface area contributed by atoms with E-state index >= 15 is 0 Å². The topological polar surface area (TPSA) is 80.9 Å². The van der Waals surface area contributed by atoms with E-state index in [4.69, 9.17) is 11.6 Å². The van der Waals surface area contributed by atoms with Crippen molar-refractivity contribution in [2.45, 2.75) is 0 Å². The van der Waals surface area contributed by atoms with E-state index in [9.17, 15) is 14.9 Å². The van der Waals surface area contributed by atoms with Crippen molar-refractivity contribution in [3.8, 4) is 5.69 Å². The number of non-ortho nitro benzene ring substituents is 1. The first-order chi connectivity index (χ1) is 7.59. The first-order valence-electron chi connectivity index (χ1n) is 4.30. The lowest BCUT2D eigenvalue weighted by Crippen LogP contribution is -2.14. The average Bonchev–Trinajstić information content (AvgIpc) is 2.65. The van der Waals surface area contributed by atoms with Crippen molar-refractivity contribution in [3.63, 3.8) is 0 Å². The summed E-state index contributed by atoms with van der Waals surface area (Å²) in [7, 11) is 0. The smallest absolute Gasteiger partial charge is 0.312 e. The molecule has 0 aliphatic rings. The summed E-state index contributed by atoms with van der Waals surface area (Å²) in [6, 6.07) is 3.91. The number of nitrogens with one attached hydrogen (secondary N) is 1. The largest absolute Gasteiger partial charge is 0.330 e. The van der Waals surface area contributed by atoms with Crippen molar-refractivity contribution in [1.82, 2.24) is 9.55 Å². The third-order valence-corrected chi connectivity index (χ3v) is 2.37. The van der Waals surface area contributed by atoms with Gasteiger partial charge in [0.05, 0.1) is 15.6 Å². The Kier molecular flexibility index (Phi) is 2.49. The van der Waals surface area contributed by atoms with Gasteiger partial charge < -0.3 is 4.98 Å². The van der Waals surface area contributed by atoms with Crippen molar-refractivity contribution in [2.24, 2.45) is 0 Å². The van der Waals surface area contributed by atoms with Gasteiger partial charge in [-0.15, -0.1) is 0 Å². The monoisotopic (exact) mass is 239 g/mol. The predicted molar refractivity (Wildman–Crippen MR) is 58.1 cm³/mol. The van der Waals surface area contributed by atoms with Crippen LogP contribution >= 0.6 is 11.6 Å². The number of aromatic amines is 1. The highest BCUT2D eigenvalue weighted by Gasteiger charge is 2.12. The molecule has 0 unspecified atom stereocenters. The highest BCUT2D eigenvalue weighted by molar-refractivity contribution is 6.32. The normalized spacial score (nSPS) is 10.3. The molecule has 0 bridgehead atoms.